The number of esters is 1. The summed E-state index contributed by atoms with van der Waals surface area (Å²) in [5.74, 6) is -1.05. The maximum atomic E-state index is 11.8. The van der Waals surface area contributed by atoms with E-state index in [0.717, 1.165) is 23.3 Å². The zero-order valence-electron chi connectivity index (χ0n) is 12.2. The lowest BCUT2D eigenvalue weighted by Crippen LogP contribution is -2.13. The van der Waals surface area contributed by atoms with Gasteiger partial charge in [-0.25, -0.2) is 4.79 Å². The van der Waals surface area contributed by atoms with Gasteiger partial charge in [0, 0.05) is 17.7 Å². The van der Waals surface area contributed by atoms with E-state index >= 15 is 0 Å². The van der Waals surface area contributed by atoms with Crippen LogP contribution in [0.3, 0.4) is 0 Å². The number of anilines is 1. The van der Waals surface area contributed by atoms with Crippen LogP contribution in [-0.2, 0) is 14.3 Å². The lowest BCUT2D eigenvalue weighted by molar-refractivity contribution is -0.137. The smallest absolute Gasteiger partial charge is 0.330 e. The minimum absolute atomic E-state index is 0.249. The quantitative estimate of drug-likeness (QED) is 0.286. The number of carbonyl (C=O) groups excluding carboxylic acids is 2. The molecule has 0 bridgehead atoms. The van der Waals surface area contributed by atoms with E-state index in [1.165, 1.54) is 6.21 Å². The summed E-state index contributed by atoms with van der Waals surface area (Å²) >= 11 is 0. The second-order valence-electron chi connectivity index (χ2n) is 4.31. The van der Waals surface area contributed by atoms with Crippen LogP contribution in [0.15, 0.2) is 29.4 Å². The fourth-order valence-corrected chi connectivity index (χ4v) is 1.72. The predicted molar refractivity (Wildman–Crippen MR) is 79.7 cm³/mol. The third-order valence-corrected chi connectivity index (χ3v) is 2.76. The Kier molecular flexibility index (Phi) is 6.13. The number of carbonyl (C=O) groups is 2. The van der Waals surface area contributed by atoms with E-state index < -0.39 is 11.9 Å². The number of nitrogens with one attached hydrogen (secondary N) is 1. The third-order valence-electron chi connectivity index (χ3n) is 2.76. The number of rotatable bonds is 5. The molecule has 21 heavy (non-hydrogen) atoms. The van der Waals surface area contributed by atoms with Gasteiger partial charge in [-0.2, -0.15) is 0 Å². The fourth-order valence-electron chi connectivity index (χ4n) is 1.72. The molecule has 0 heterocycles. The van der Waals surface area contributed by atoms with Gasteiger partial charge in [-0.3, -0.25) is 4.79 Å². The van der Waals surface area contributed by atoms with Crippen molar-refractivity contribution < 1.29 is 19.5 Å². The number of hydrogen-bond donors (Lipinski definition) is 2. The first-order chi connectivity index (χ1) is 9.99. The van der Waals surface area contributed by atoms with Crippen molar-refractivity contribution in [1.29, 1.82) is 0 Å². The molecule has 6 heteroatoms. The Bertz CT molecular complexity index is 592. The summed E-state index contributed by atoms with van der Waals surface area (Å²) < 4.78 is 4.69. The number of nitrogens with zero attached hydrogens (tertiary/aromatic N) is 1. The van der Waals surface area contributed by atoms with Gasteiger partial charge >= 0.3 is 5.97 Å². The minimum atomic E-state index is -0.578. The maximum absolute atomic E-state index is 11.8. The second-order valence-corrected chi connectivity index (χ2v) is 4.31. The van der Waals surface area contributed by atoms with Crippen molar-refractivity contribution in [2.24, 2.45) is 5.16 Å². The van der Waals surface area contributed by atoms with Crippen molar-refractivity contribution in [3.05, 3.63) is 41.0 Å². The Morgan fingerprint density at radius 3 is 2.57 bits per heavy atom. The van der Waals surface area contributed by atoms with Crippen molar-refractivity contribution in [2.75, 3.05) is 11.9 Å². The number of aryl methyl sites for hydroxylation is 2. The minimum Gasteiger partial charge on any atom is -0.463 e. The first-order valence-electron chi connectivity index (χ1n) is 6.43. The van der Waals surface area contributed by atoms with Crippen molar-refractivity contribution in [3.8, 4) is 0 Å². The van der Waals surface area contributed by atoms with Crippen LogP contribution in [-0.4, -0.2) is 29.9 Å². The summed E-state index contributed by atoms with van der Waals surface area (Å²) in [6, 6.07) is 3.70. The number of oxime groups is 1. The first-order valence-corrected chi connectivity index (χ1v) is 6.43. The zero-order chi connectivity index (χ0) is 15.8. The monoisotopic (exact) mass is 290 g/mol. The average Bonchev–Trinajstić information content (AvgIpc) is 2.45. The highest BCUT2D eigenvalue weighted by molar-refractivity contribution is 6.06. The Balaban J connectivity index is 2.95. The van der Waals surface area contributed by atoms with E-state index in [0.29, 0.717) is 11.3 Å². The Morgan fingerprint density at radius 2 is 1.95 bits per heavy atom. The standard InChI is InChI=1S/C15H18N2O4/c1-4-21-14(19)8-7-13(18)17-15-11(3)6-5-10(2)12(15)9-16-20/h5-9,20H,4H2,1-3H3,(H,17,18)/b8-7+,16-9+. The summed E-state index contributed by atoms with van der Waals surface area (Å²) in [4.78, 5) is 23.0. The highest BCUT2D eigenvalue weighted by Crippen LogP contribution is 2.22. The normalized spacial score (nSPS) is 11.0. The SMILES string of the molecule is CCOC(=O)/C=C/C(=O)Nc1c(C)ccc(C)c1/C=N/O. The Labute approximate surface area is 123 Å². The van der Waals surface area contributed by atoms with E-state index in [9.17, 15) is 9.59 Å². The van der Waals surface area contributed by atoms with Gasteiger partial charge < -0.3 is 15.3 Å². The molecule has 112 valence electrons. The summed E-state index contributed by atoms with van der Waals surface area (Å²) in [5, 5.41) is 14.4. The molecule has 0 aliphatic carbocycles. The molecule has 0 fully saturated rings. The Morgan fingerprint density at radius 1 is 1.29 bits per heavy atom. The molecule has 1 rings (SSSR count). The first kappa shape index (κ1) is 16.4. The van der Waals surface area contributed by atoms with Gasteiger partial charge in [-0.05, 0) is 31.9 Å². The van der Waals surface area contributed by atoms with Crippen LogP contribution in [0.4, 0.5) is 5.69 Å². The van der Waals surface area contributed by atoms with Crippen molar-refractivity contribution >= 4 is 23.8 Å². The molecule has 0 saturated carbocycles. The molecule has 1 amide bonds. The predicted octanol–water partition coefficient (Wildman–Crippen LogP) is 2.17. The van der Waals surface area contributed by atoms with Crippen LogP contribution < -0.4 is 5.32 Å². The third kappa shape index (κ3) is 4.76. The molecule has 1 aromatic carbocycles. The molecule has 0 aliphatic heterocycles. The highest BCUT2D eigenvalue weighted by Gasteiger charge is 2.10. The molecule has 0 atom stereocenters. The van der Waals surface area contributed by atoms with E-state index in [-0.39, 0.29) is 6.61 Å². The van der Waals surface area contributed by atoms with E-state index in [1.807, 2.05) is 26.0 Å². The lowest BCUT2D eigenvalue weighted by atomic mass is 10.0. The number of amides is 1. The molecule has 0 aliphatic rings. The van der Waals surface area contributed by atoms with Crippen LogP contribution in [0.5, 0.6) is 0 Å². The van der Waals surface area contributed by atoms with Crippen molar-refractivity contribution in [2.45, 2.75) is 20.8 Å². The van der Waals surface area contributed by atoms with E-state index in [1.54, 1.807) is 6.92 Å². The van der Waals surface area contributed by atoms with Crippen LogP contribution in [0.1, 0.15) is 23.6 Å². The van der Waals surface area contributed by atoms with Gasteiger partial charge in [0.25, 0.3) is 0 Å². The summed E-state index contributed by atoms with van der Waals surface area (Å²) in [6.07, 6.45) is 3.41. The molecule has 1 aromatic rings. The number of ether oxygens (including phenoxy) is 1. The molecular weight excluding hydrogens is 272 g/mol. The van der Waals surface area contributed by atoms with E-state index in [2.05, 4.69) is 15.2 Å². The van der Waals surface area contributed by atoms with Crippen LogP contribution in [0, 0.1) is 13.8 Å². The van der Waals surface area contributed by atoms with Crippen molar-refractivity contribution in [1.82, 2.24) is 0 Å². The molecule has 0 radical (unpaired) electrons. The van der Waals surface area contributed by atoms with Crippen LogP contribution in [0.2, 0.25) is 0 Å². The molecule has 0 spiro atoms. The van der Waals surface area contributed by atoms with Gasteiger partial charge in [0.2, 0.25) is 5.91 Å². The number of benzene rings is 1. The Hall–Kier alpha value is -2.63. The topological polar surface area (TPSA) is 88.0 Å². The van der Waals surface area contributed by atoms with Gasteiger partial charge in [0.1, 0.15) is 0 Å². The molecule has 0 unspecified atom stereocenters. The van der Waals surface area contributed by atoms with Crippen LogP contribution >= 0.6 is 0 Å². The maximum Gasteiger partial charge on any atom is 0.330 e. The number of hydrogen-bond acceptors (Lipinski definition) is 5. The summed E-state index contributed by atoms with van der Waals surface area (Å²) in [5.41, 5.74) is 2.80. The van der Waals surface area contributed by atoms with Gasteiger partial charge in [0.15, 0.2) is 0 Å². The van der Waals surface area contributed by atoms with E-state index in [4.69, 9.17) is 5.21 Å². The van der Waals surface area contributed by atoms with Gasteiger partial charge in [-0.15, -0.1) is 0 Å². The van der Waals surface area contributed by atoms with Crippen LogP contribution in [0.25, 0.3) is 0 Å². The molecule has 6 nitrogen and oxygen atoms in total. The average molecular weight is 290 g/mol. The molecule has 2 N–H and O–H groups in total. The highest BCUT2D eigenvalue weighted by atomic mass is 16.5. The molecule has 0 aromatic heterocycles. The summed E-state index contributed by atoms with van der Waals surface area (Å²) in [7, 11) is 0. The van der Waals surface area contributed by atoms with Gasteiger partial charge in [-0.1, -0.05) is 17.3 Å². The molecule has 0 saturated heterocycles. The molecular formula is C15H18N2O4. The van der Waals surface area contributed by atoms with Crippen molar-refractivity contribution in [3.63, 3.8) is 0 Å². The second kappa shape index (κ2) is 7.84. The zero-order valence-corrected chi connectivity index (χ0v) is 12.2. The fraction of sp³-hybridized carbons (Fsp3) is 0.267. The largest absolute Gasteiger partial charge is 0.463 e. The lowest BCUT2D eigenvalue weighted by Gasteiger charge is -2.12. The van der Waals surface area contributed by atoms with Gasteiger partial charge in [0.05, 0.1) is 18.5 Å². The summed E-state index contributed by atoms with van der Waals surface area (Å²) in [6.45, 7) is 5.58.